The van der Waals surface area contributed by atoms with Gasteiger partial charge < -0.3 is 10.6 Å². The summed E-state index contributed by atoms with van der Waals surface area (Å²) in [6.07, 6.45) is 0.817. The zero-order valence-corrected chi connectivity index (χ0v) is 12.1. The molecule has 0 aliphatic carbocycles. The molecule has 0 bridgehead atoms. The van der Waals surface area contributed by atoms with Crippen LogP contribution in [0.2, 0.25) is 0 Å². The number of halogens is 1. The van der Waals surface area contributed by atoms with Crippen LogP contribution in [0.3, 0.4) is 0 Å². The molecule has 22 heavy (non-hydrogen) atoms. The molecule has 6 nitrogen and oxygen atoms in total. The van der Waals surface area contributed by atoms with Crippen LogP contribution >= 0.6 is 0 Å². The van der Waals surface area contributed by atoms with E-state index in [0.717, 1.165) is 17.8 Å². The highest BCUT2D eigenvalue weighted by molar-refractivity contribution is 5.73. The lowest BCUT2D eigenvalue weighted by molar-refractivity contribution is 0.240. The SMILES string of the molecule is CCc1cc(CNC(=O)NCc2cc(C#N)ccc2F)[nH]n1. The second kappa shape index (κ2) is 7.22. The summed E-state index contributed by atoms with van der Waals surface area (Å²) in [5.74, 6) is -0.458. The lowest BCUT2D eigenvalue weighted by atomic mass is 10.1. The van der Waals surface area contributed by atoms with Crippen LogP contribution < -0.4 is 10.6 Å². The molecule has 1 aromatic carbocycles. The van der Waals surface area contributed by atoms with Crippen LogP contribution in [0.5, 0.6) is 0 Å². The number of carbonyl (C=O) groups excluding carboxylic acids is 1. The van der Waals surface area contributed by atoms with Gasteiger partial charge in [0.2, 0.25) is 0 Å². The number of hydrogen-bond donors (Lipinski definition) is 3. The average Bonchev–Trinajstić information content (AvgIpc) is 3.00. The van der Waals surface area contributed by atoms with Crippen molar-refractivity contribution in [2.75, 3.05) is 0 Å². The Hall–Kier alpha value is -2.88. The first-order valence-corrected chi connectivity index (χ1v) is 6.85. The van der Waals surface area contributed by atoms with Crippen molar-refractivity contribution in [1.29, 1.82) is 5.26 Å². The molecule has 0 aliphatic heterocycles. The molecule has 0 aliphatic rings. The van der Waals surface area contributed by atoms with Gasteiger partial charge in [-0.15, -0.1) is 0 Å². The van der Waals surface area contributed by atoms with E-state index < -0.39 is 11.8 Å². The maximum Gasteiger partial charge on any atom is 0.315 e. The fourth-order valence-electron chi connectivity index (χ4n) is 1.87. The zero-order valence-electron chi connectivity index (χ0n) is 12.1. The van der Waals surface area contributed by atoms with Gasteiger partial charge in [0.1, 0.15) is 5.82 Å². The number of urea groups is 1. The lowest BCUT2D eigenvalue weighted by Crippen LogP contribution is -2.34. The molecule has 1 heterocycles. The van der Waals surface area contributed by atoms with Crippen LogP contribution in [0.15, 0.2) is 24.3 Å². The Bertz CT molecular complexity index is 704. The summed E-state index contributed by atoms with van der Waals surface area (Å²) in [6.45, 7) is 2.31. The lowest BCUT2D eigenvalue weighted by Gasteiger charge is -2.08. The summed E-state index contributed by atoms with van der Waals surface area (Å²) in [6, 6.07) is 7.40. The van der Waals surface area contributed by atoms with Crippen molar-refractivity contribution < 1.29 is 9.18 Å². The highest BCUT2D eigenvalue weighted by Crippen LogP contribution is 2.09. The predicted octanol–water partition coefficient (Wildman–Crippen LogP) is 1.98. The van der Waals surface area contributed by atoms with E-state index in [9.17, 15) is 9.18 Å². The molecule has 0 atom stereocenters. The first-order valence-electron chi connectivity index (χ1n) is 6.85. The van der Waals surface area contributed by atoms with Crippen molar-refractivity contribution in [3.63, 3.8) is 0 Å². The third-order valence-corrected chi connectivity index (χ3v) is 3.10. The number of hydrogen-bond acceptors (Lipinski definition) is 3. The van der Waals surface area contributed by atoms with Gasteiger partial charge in [0.25, 0.3) is 0 Å². The monoisotopic (exact) mass is 301 g/mol. The van der Waals surface area contributed by atoms with E-state index in [-0.39, 0.29) is 12.1 Å². The normalized spacial score (nSPS) is 10.0. The van der Waals surface area contributed by atoms with Gasteiger partial charge in [-0.1, -0.05) is 6.92 Å². The standard InChI is InChI=1S/C15H16FN5O/c1-2-12-6-13(21-20-12)9-19-15(22)18-8-11-5-10(7-17)3-4-14(11)16/h3-6H,2,8-9H2,1H3,(H,20,21)(H2,18,19,22). The molecule has 114 valence electrons. The summed E-state index contributed by atoms with van der Waals surface area (Å²) in [5, 5.41) is 20.9. The molecule has 2 rings (SSSR count). The van der Waals surface area contributed by atoms with Crippen molar-refractivity contribution in [2.45, 2.75) is 26.4 Å². The molecule has 0 unspecified atom stereocenters. The molecule has 0 fully saturated rings. The number of rotatable bonds is 5. The summed E-state index contributed by atoms with van der Waals surface area (Å²) in [5.41, 5.74) is 2.34. The van der Waals surface area contributed by atoms with Gasteiger partial charge in [0, 0.05) is 12.1 Å². The Morgan fingerprint density at radius 1 is 1.36 bits per heavy atom. The first kappa shape index (κ1) is 15.5. The van der Waals surface area contributed by atoms with Crippen molar-refractivity contribution in [3.05, 3.63) is 52.6 Å². The number of carbonyl (C=O) groups is 1. The van der Waals surface area contributed by atoms with Gasteiger partial charge in [-0.2, -0.15) is 10.4 Å². The molecule has 0 spiro atoms. The van der Waals surface area contributed by atoms with E-state index in [0.29, 0.717) is 12.1 Å². The number of nitrogens with zero attached hydrogens (tertiary/aromatic N) is 2. The molecule has 3 N–H and O–H groups in total. The van der Waals surface area contributed by atoms with Crippen molar-refractivity contribution in [2.24, 2.45) is 0 Å². The Balaban J connectivity index is 1.84. The number of benzene rings is 1. The van der Waals surface area contributed by atoms with E-state index in [1.165, 1.54) is 18.2 Å². The van der Waals surface area contributed by atoms with Crippen LogP contribution in [0, 0.1) is 17.1 Å². The van der Waals surface area contributed by atoms with Crippen LogP contribution in [0.4, 0.5) is 9.18 Å². The Morgan fingerprint density at radius 3 is 2.82 bits per heavy atom. The number of nitriles is 1. The highest BCUT2D eigenvalue weighted by Gasteiger charge is 2.07. The third-order valence-electron chi connectivity index (χ3n) is 3.10. The first-order chi connectivity index (χ1) is 10.6. The van der Waals surface area contributed by atoms with Gasteiger partial charge in [-0.25, -0.2) is 9.18 Å². The number of H-pyrrole nitrogens is 1. The quantitative estimate of drug-likeness (QED) is 0.788. The summed E-state index contributed by atoms with van der Waals surface area (Å²) < 4.78 is 13.6. The molecule has 0 saturated heterocycles. The second-order valence-corrected chi connectivity index (χ2v) is 4.69. The summed E-state index contributed by atoms with van der Waals surface area (Å²) >= 11 is 0. The van der Waals surface area contributed by atoms with E-state index in [4.69, 9.17) is 5.26 Å². The number of aromatic amines is 1. The molecular weight excluding hydrogens is 285 g/mol. The molecule has 2 aromatic rings. The zero-order chi connectivity index (χ0) is 15.9. The number of nitrogens with one attached hydrogen (secondary N) is 3. The molecule has 2 amide bonds. The Kier molecular flexibility index (Phi) is 5.09. The van der Waals surface area contributed by atoms with E-state index in [1.54, 1.807) is 0 Å². The molecule has 0 radical (unpaired) electrons. The second-order valence-electron chi connectivity index (χ2n) is 4.69. The Morgan fingerprint density at radius 2 is 2.14 bits per heavy atom. The van der Waals surface area contributed by atoms with Crippen molar-refractivity contribution in [3.8, 4) is 6.07 Å². The third kappa shape index (κ3) is 4.06. The molecule has 1 aromatic heterocycles. The molecule has 7 heteroatoms. The minimum atomic E-state index is -0.458. The molecule has 0 saturated carbocycles. The number of aryl methyl sites for hydroxylation is 1. The van der Waals surface area contributed by atoms with Gasteiger partial charge in [0.05, 0.1) is 29.6 Å². The number of amides is 2. The minimum absolute atomic E-state index is 0.0103. The van der Waals surface area contributed by atoms with E-state index in [2.05, 4.69) is 20.8 Å². The summed E-state index contributed by atoms with van der Waals surface area (Å²) in [7, 11) is 0. The predicted molar refractivity (Wildman–Crippen MR) is 78.2 cm³/mol. The minimum Gasteiger partial charge on any atom is -0.334 e. The highest BCUT2D eigenvalue weighted by atomic mass is 19.1. The number of aromatic nitrogens is 2. The maximum absolute atomic E-state index is 13.6. The fourth-order valence-corrected chi connectivity index (χ4v) is 1.87. The molecular formula is C15H16FN5O. The van der Waals surface area contributed by atoms with Gasteiger partial charge >= 0.3 is 6.03 Å². The van der Waals surface area contributed by atoms with Gasteiger partial charge in [-0.05, 0) is 30.7 Å². The van der Waals surface area contributed by atoms with Crippen LogP contribution in [-0.2, 0) is 19.5 Å². The van der Waals surface area contributed by atoms with Gasteiger partial charge in [0.15, 0.2) is 0 Å². The smallest absolute Gasteiger partial charge is 0.315 e. The summed E-state index contributed by atoms with van der Waals surface area (Å²) in [4.78, 5) is 11.7. The topological polar surface area (TPSA) is 93.6 Å². The maximum atomic E-state index is 13.6. The average molecular weight is 301 g/mol. The van der Waals surface area contributed by atoms with Crippen LogP contribution in [0.1, 0.15) is 29.4 Å². The van der Waals surface area contributed by atoms with Crippen molar-refractivity contribution in [1.82, 2.24) is 20.8 Å². The largest absolute Gasteiger partial charge is 0.334 e. The van der Waals surface area contributed by atoms with E-state index >= 15 is 0 Å². The Labute approximate surface area is 127 Å². The fraction of sp³-hybridized carbons (Fsp3) is 0.267. The van der Waals surface area contributed by atoms with Gasteiger partial charge in [-0.3, -0.25) is 5.10 Å². The van der Waals surface area contributed by atoms with E-state index in [1.807, 2.05) is 19.1 Å². The van der Waals surface area contributed by atoms with Crippen LogP contribution in [-0.4, -0.2) is 16.2 Å². The van der Waals surface area contributed by atoms with Crippen LogP contribution in [0.25, 0.3) is 0 Å². The van der Waals surface area contributed by atoms with Crippen molar-refractivity contribution >= 4 is 6.03 Å².